The summed E-state index contributed by atoms with van der Waals surface area (Å²) >= 11 is 6.04. The second-order valence-electron chi connectivity index (χ2n) is 5.89. The number of carbonyl (C=O) groups is 1. The average Bonchev–Trinajstić information content (AvgIpc) is 2.62. The molecule has 0 unspecified atom stereocenters. The number of nitrogens with one attached hydrogen (secondary N) is 2. The Hall–Kier alpha value is -2.79. The van der Waals surface area contributed by atoms with Gasteiger partial charge < -0.3 is 15.0 Å². The molecule has 1 atom stereocenters. The number of aromatic nitrogens is 1. The van der Waals surface area contributed by atoms with Crippen molar-refractivity contribution in [3.8, 4) is 0 Å². The maximum Gasteiger partial charge on any atom is 0.345 e. The van der Waals surface area contributed by atoms with Crippen molar-refractivity contribution in [1.82, 2.24) is 4.98 Å². The van der Waals surface area contributed by atoms with E-state index in [1.54, 1.807) is 25.1 Å². The van der Waals surface area contributed by atoms with Gasteiger partial charge in [-0.15, -0.1) is 0 Å². The van der Waals surface area contributed by atoms with Gasteiger partial charge in [-0.1, -0.05) is 41.9 Å². The number of anilines is 1. The molecular formula is C20H19ClN2O3. The highest BCUT2D eigenvalue weighted by atomic mass is 35.5. The van der Waals surface area contributed by atoms with Gasteiger partial charge in [0.2, 0.25) is 0 Å². The number of H-pyrrole nitrogens is 1. The number of pyridine rings is 1. The molecule has 0 aliphatic rings. The van der Waals surface area contributed by atoms with Gasteiger partial charge in [0.1, 0.15) is 5.56 Å². The van der Waals surface area contributed by atoms with Gasteiger partial charge in [0.25, 0.3) is 5.56 Å². The fraction of sp³-hybridized carbons (Fsp3) is 0.200. The Balaban J connectivity index is 2.17. The maximum absolute atomic E-state index is 12.6. The molecule has 0 saturated carbocycles. The molecule has 5 nitrogen and oxygen atoms in total. The average molecular weight is 371 g/mol. The van der Waals surface area contributed by atoms with Crippen molar-refractivity contribution in [2.75, 3.05) is 11.9 Å². The first-order valence-corrected chi connectivity index (χ1v) is 8.73. The van der Waals surface area contributed by atoms with E-state index in [2.05, 4.69) is 10.3 Å². The van der Waals surface area contributed by atoms with Gasteiger partial charge in [-0.3, -0.25) is 4.79 Å². The molecule has 0 spiro atoms. The molecule has 134 valence electrons. The quantitative estimate of drug-likeness (QED) is 0.647. The highest BCUT2D eigenvalue weighted by molar-refractivity contribution is 6.31. The number of aromatic amines is 1. The van der Waals surface area contributed by atoms with Crippen LogP contribution in [0.4, 0.5) is 5.69 Å². The van der Waals surface area contributed by atoms with Crippen LogP contribution in [-0.4, -0.2) is 17.6 Å². The van der Waals surface area contributed by atoms with Crippen molar-refractivity contribution < 1.29 is 9.53 Å². The number of halogens is 1. The van der Waals surface area contributed by atoms with E-state index >= 15 is 0 Å². The third kappa shape index (κ3) is 3.58. The summed E-state index contributed by atoms with van der Waals surface area (Å²) in [6, 6.07) is 14.8. The molecule has 1 aromatic heterocycles. The summed E-state index contributed by atoms with van der Waals surface area (Å²) in [7, 11) is 0. The molecular weight excluding hydrogens is 352 g/mol. The van der Waals surface area contributed by atoms with Crippen LogP contribution in [0, 0.1) is 0 Å². The lowest BCUT2D eigenvalue weighted by molar-refractivity contribution is 0.0525. The van der Waals surface area contributed by atoms with Crippen LogP contribution in [0.1, 0.15) is 35.8 Å². The summed E-state index contributed by atoms with van der Waals surface area (Å²) in [6.45, 7) is 3.85. The van der Waals surface area contributed by atoms with Gasteiger partial charge in [0, 0.05) is 16.5 Å². The summed E-state index contributed by atoms with van der Waals surface area (Å²) < 4.78 is 5.08. The van der Waals surface area contributed by atoms with Crippen molar-refractivity contribution in [3.63, 3.8) is 0 Å². The minimum Gasteiger partial charge on any atom is -0.462 e. The van der Waals surface area contributed by atoms with Crippen LogP contribution in [0.2, 0.25) is 5.02 Å². The zero-order valence-corrected chi connectivity index (χ0v) is 15.3. The summed E-state index contributed by atoms with van der Waals surface area (Å²) in [5.74, 6) is -0.659. The predicted molar refractivity (Wildman–Crippen MR) is 104 cm³/mol. The van der Waals surface area contributed by atoms with Gasteiger partial charge in [0.05, 0.1) is 17.8 Å². The lowest BCUT2D eigenvalue weighted by atomic mass is 10.0. The fourth-order valence-electron chi connectivity index (χ4n) is 2.86. The molecule has 26 heavy (non-hydrogen) atoms. The van der Waals surface area contributed by atoms with Crippen molar-refractivity contribution in [2.24, 2.45) is 0 Å². The van der Waals surface area contributed by atoms with Crippen molar-refractivity contribution in [2.45, 2.75) is 19.9 Å². The number of hydrogen-bond acceptors (Lipinski definition) is 4. The van der Waals surface area contributed by atoms with E-state index in [-0.39, 0.29) is 18.2 Å². The lowest BCUT2D eigenvalue weighted by Gasteiger charge is -2.19. The first kappa shape index (κ1) is 18.0. The number of ether oxygens (including phenoxy) is 1. The topological polar surface area (TPSA) is 71.2 Å². The Labute approximate surface area is 156 Å². The van der Waals surface area contributed by atoms with Crippen molar-refractivity contribution >= 4 is 34.2 Å². The highest BCUT2D eigenvalue weighted by Crippen LogP contribution is 2.30. The largest absolute Gasteiger partial charge is 0.462 e. The second kappa shape index (κ2) is 7.62. The Kier molecular flexibility index (Phi) is 5.28. The van der Waals surface area contributed by atoms with Crippen LogP contribution >= 0.6 is 11.6 Å². The summed E-state index contributed by atoms with van der Waals surface area (Å²) in [6.07, 6.45) is 0. The van der Waals surface area contributed by atoms with Gasteiger partial charge in [-0.2, -0.15) is 0 Å². The molecule has 0 fully saturated rings. The molecule has 0 bridgehead atoms. The van der Waals surface area contributed by atoms with Crippen molar-refractivity contribution in [1.29, 1.82) is 0 Å². The van der Waals surface area contributed by atoms with Crippen LogP contribution in [0.3, 0.4) is 0 Å². The number of benzene rings is 2. The monoisotopic (exact) mass is 370 g/mol. The van der Waals surface area contributed by atoms with Gasteiger partial charge >= 0.3 is 5.97 Å². The fourth-order valence-corrected chi connectivity index (χ4v) is 3.03. The van der Waals surface area contributed by atoms with E-state index in [0.717, 1.165) is 5.56 Å². The molecule has 2 aromatic carbocycles. The van der Waals surface area contributed by atoms with E-state index in [4.69, 9.17) is 16.3 Å². The third-order valence-corrected chi connectivity index (χ3v) is 4.35. The summed E-state index contributed by atoms with van der Waals surface area (Å²) in [5, 5.41) is 4.50. The van der Waals surface area contributed by atoms with E-state index in [9.17, 15) is 9.59 Å². The highest BCUT2D eigenvalue weighted by Gasteiger charge is 2.22. The van der Waals surface area contributed by atoms with Gasteiger partial charge in [0.15, 0.2) is 0 Å². The molecule has 6 heteroatoms. The Morgan fingerprint density at radius 2 is 1.96 bits per heavy atom. The van der Waals surface area contributed by atoms with E-state index in [1.165, 1.54) is 0 Å². The normalized spacial score (nSPS) is 12.0. The molecule has 1 heterocycles. The molecule has 0 aliphatic carbocycles. The number of hydrogen-bond donors (Lipinski definition) is 2. The maximum atomic E-state index is 12.6. The first-order valence-electron chi connectivity index (χ1n) is 8.35. The Morgan fingerprint density at radius 3 is 2.65 bits per heavy atom. The molecule has 2 N–H and O–H groups in total. The number of esters is 1. The van der Waals surface area contributed by atoms with Crippen LogP contribution in [-0.2, 0) is 4.74 Å². The zero-order valence-electron chi connectivity index (χ0n) is 14.5. The van der Waals surface area contributed by atoms with Crippen LogP contribution in [0.15, 0.2) is 53.3 Å². The van der Waals surface area contributed by atoms with Crippen LogP contribution in [0.5, 0.6) is 0 Å². The number of carbonyl (C=O) groups excluding carboxylic acids is 1. The van der Waals surface area contributed by atoms with E-state index in [1.807, 2.05) is 37.3 Å². The molecule has 0 saturated heterocycles. The van der Waals surface area contributed by atoms with Gasteiger partial charge in [-0.05, 0) is 37.6 Å². The minimum atomic E-state index is -0.659. The Bertz CT molecular complexity index is 999. The minimum absolute atomic E-state index is 0.0375. The predicted octanol–water partition coefficient (Wildman–Crippen LogP) is 4.53. The molecule has 0 aliphatic heterocycles. The summed E-state index contributed by atoms with van der Waals surface area (Å²) in [4.78, 5) is 27.7. The number of rotatable bonds is 5. The molecule has 3 aromatic rings. The zero-order chi connectivity index (χ0) is 18.7. The SMILES string of the molecule is CCOC(=O)c1c(N[C@H](C)c2ccccc2)c2ccc(Cl)cc2[nH]c1=O. The van der Waals surface area contributed by atoms with E-state index < -0.39 is 11.5 Å². The molecule has 3 rings (SSSR count). The Morgan fingerprint density at radius 1 is 1.23 bits per heavy atom. The van der Waals surface area contributed by atoms with Crippen LogP contribution in [0.25, 0.3) is 10.9 Å². The third-order valence-electron chi connectivity index (χ3n) is 4.12. The molecule has 0 radical (unpaired) electrons. The molecule has 0 amide bonds. The van der Waals surface area contributed by atoms with Crippen LogP contribution < -0.4 is 10.9 Å². The standard InChI is InChI=1S/C20H19ClN2O3/c1-3-26-20(25)17-18(22-12(2)13-7-5-4-6-8-13)15-10-9-14(21)11-16(15)23-19(17)24/h4-12H,3H2,1-2H3,(H2,22,23,24)/t12-/m1/s1. The smallest absolute Gasteiger partial charge is 0.345 e. The second-order valence-corrected chi connectivity index (χ2v) is 6.33. The first-order chi connectivity index (χ1) is 12.5. The van der Waals surface area contributed by atoms with E-state index in [0.29, 0.717) is 21.6 Å². The lowest BCUT2D eigenvalue weighted by Crippen LogP contribution is -2.23. The van der Waals surface area contributed by atoms with Gasteiger partial charge in [-0.25, -0.2) is 4.79 Å². The summed E-state index contributed by atoms with van der Waals surface area (Å²) in [5.41, 5.74) is 1.48. The van der Waals surface area contributed by atoms with Crippen molar-refractivity contribution in [3.05, 3.63) is 75.0 Å². The number of fused-ring (bicyclic) bond motifs is 1.